The molecule has 13 heteroatoms. The number of amides is 2. The number of rotatable bonds is 11. The van der Waals surface area contributed by atoms with Gasteiger partial charge in [0, 0.05) is 28.7 Å². The molecule has 3 aromatic carbocycles. The van der Waals surface area contributed by atoms with Crippen molar-refractivity contribution >= 4 is 50.7 Å². The molecular formula is C29H30Cl2F3N3O4S. The van der Waals surface area contributed by atoms with Crippen molar-refractivity contribution in [1.29, 1.82) is 0 Å². The highest BCUT2D eigenvalue weighted by Gasteiger charge is 2.35. The van der Waals surface area contributed by atoms with E-state index in [0.29, 0.717) is 28.9 Å². The normalized spacial score (nSPS) is 12.5. The molecule has 7 nitrogen and oxygen atoms in total. The van der Waals surface area contributed by atoms with Gasteiger partial charge in [0.05, 0.1) is 16.1 Å². The van der Waals surface area contributed by atoms with Crippen LogP contribution in [0.5, 0.6) is 0 Å². The summed E-state index contributed by atoms with van der Waals surface area (Å²) in [5, 5.41) is 3.12. The van der Waals surface area contributed by atoms with E-state index in [9.17, 15) is 31.2 Å². The van der Waals surface area contributed by atoms with Gasteiger partial charge in [0.15, 0.2) is 0 Å². The van der Waals surface area contributed by atoms with Gasteiger partial charge < -0.3 is 10.2 Å². The zero-order valence-corrected chi connectivity index (χ0v) is 25.4. The number of halogens is 5. The molecule has 3 aromatic rings. The molecule has 0 heterocycles. The van der Waals surface area contributed by atoms with Crippen LogP contribution >= 0.6 is 23.2 Å². The highest BCUT2D eigenvalue weighted by atomic mass is 35.5. The van der Waals surface area contributed by atoms with Gasteiger partial charge in [-0.25, -0.2) is 8.42 Å². The fourth-order valence-corrected chi connectivity index (χ4v) is 5.96. The molecule has 0 aromatic heterocycles. The van der Waals surface area contributed by atoms with Crippen LogP contribution in [0.25, 0.3) is 0 Å². The molecule has 0 aliphatic rings. The summed E-state index contributed by atoms with van der Waals surface area (Å²) in [4.78, 5) is 27.7. The average Bonchev–Trinajstić information content (AvgIpc) is 2.93. The lowest BCUT2D eigenvalue weighted by atomic mass is 10.1. The number of nitrogens with zero attached hydrogens (tertiary/aromatic N) is 2. The largest absolute Gasteiger partial charge is 0.416 e. The molecule has 0 saturated heterocycles. The van der Waals surface area contributed by atoms with Crippen molar-refractivity contribution in [2.75, 3.05) is 17.4 Å². The molecular weight excluding hydrogens is 614 g/mol. The fourth-order valence-electron chi connectivity index (χ4n) is 4.04. The average molecular weight is 645 g/mol. The number of sulfonamides is 1. The molecule has 0 aliphatic heterocycles. The minimum atomic E-state index is -4.77. The van der Waals surface area contributed by atoms with Gasteiger partial charge in [-0.3, -0.25) is 13.9 Å². The number of carbonyl (C=O) groups is 2. The topological polar surface area (TPSA) is 86.8 Å². The first kappa shape index (κ1) is 33.2. The van der Waals surface area contributed by atoms with Crippen LogP contribution in [-0.2, 0) is 32.3 Å². The maximum atomic E-state index is 13.9. The van der Waals surface area contributed by atoms with Gasteiger partial charge in [0.2, 0.25) is 11.8 Å². The van der Waals surface area contributed by atoms with Crippen molar-refractivity contribution in [3.63, 3.8) is 0 Å². The summed E-state index contributed by atoms with van der Waals surface area (Å²) in [6.07, 6.45) is -4.14. The summed E-state index contributed by atoms with van der Waals surface area (Å²) in [5.74, 6) is -1.38. The lowest BCUT2D eigenvalue weighted by Crippen LogP contribution is -2.51. The van der Waals surface area contributed by atoms with E-state index in [4.69, 9.17) is 23.2 Å². The SMILES string of the molecule is CCCNC(=O)C(C)N(Cc1c(Cl)cccc1Cl)C(=O)CN(c1cccc(C(F)(F)F)c1)S(=O)(=O)c1ccc(C)cc1. The predicted molar refractivity (Wildman–Crippen MR) is 157 cm³/mol. The molecule has 0 aliphatic carbocycles. The van der Waals surface area contributed by atoms with Gasteiger partial charge in [-0.15, -0.1) is 0 Å². The highest BCUT2D eigenvalue weighted by Crippen LogP contribution is 2.34. The quantitative estimate of drug-likeness (QED) is 0.260. The maximum Gasteiger partial charge on any atom is 0.416 e. The lowest BCUT2D eigenvalue weighted by Gasteiger charge is -2.32. The number of benzene rings is 3. The Morgan fingerprint density at radius 2 is 1.57 bits per heavy atom. The number of carbonyl (C=O) groups excluding carboxylic acids is 2. The Labute approximate surface area is 253 Å². The Bertz CT molecular complexity index is 1510. The Morgan fingerprint density at radius 1 is 0.976 bits per heavy atom. The van der Waals surface area contributed by atoms with E-state index in [1.165, 1.54) is 37.3 Å². The minimum Gasteiger partial charge on any atom is -0.354 e. The number of hydrogen-bond acceptors (Lipinski definition) is 4. The first-order chi connectivity index (χ1) is 19.7. The number of alkyl halides is 3. The zero-order valence-electron chi connectivity index (χ0n) is 23.1. The van der Waals surface area contributed by atoms with Crippen LogP contribution in [-0.4, -0.2) is 44.3 Å². The Balaban J connectivity index is 2.12. The van der Waals surface area contributed by atoms with Crippen LogP contribution in [0.1, 0.15) is 37.0 Å². The van der Waals surface area contributed by atoms with Gasteiger partial charge in [0.25, 0.3) is 10.0 Å². The van der Waals surface area contributed by atoms with Crippen molar-refractivity contribution in [3.05, 3.63) is 93.5 Å². The van der Waals surface area contributed by atoms with Crippen LogP contribution < -0.4 is 9.62 Å². The third-order valence-corrected chi connectivity index (χ3v) is 8.95. The standard InChI is InChI=1S/C29H30Cl2F3N3O4S/c1-4-15-35-28(39)20(3)36(17-24-25(30)9-6-10-26(24)31)27(38)18-37(22-8-5-7-21(16-22)29(32,33)34)42(40,41)23-13-11-19(2)12-14-23/h5-14,16,20H,4,15,17-18H2,1-3H3,(H,35,39). The van der Waals surface area contributed by atoms with Crippen LogP contribution in [0, 0.1) is 6.92 Å². The second kappa shape index (κ2) is 13.8. The van der Waals surface area contributed by atoms with Crippen molar-refractivity contribution < 1.29 is 31.2 Å². The third-order valence-electron chi connectivity index (χ3n) is 6.46. The summed E-state index contributed by atoms with van der Waals surface area (Å²) in [5.41, 5.74) is -0.400. The van der Waals surface area contributed by atoms with Crippen LogP contribution in [0.2, 0.25) is 10.0 Å². The summed E-state index contributed by atoms with van der Waals surface area (Å²) in [6, 6.07) is 12.9. The number of aryl methyl sites for hydroxylation is 1. The van der Waals surface area contributed by atoms with E-state index in [1.54, 1.807) is 25.1 Å². The van der Waals surface area contributed by atoms with Crippen molar-refractivity contribution in [1.82, 2.24) is 10.2 Å². The third kappa shape index (κ3) is 7.96. The maximum absolute atomic E-state index is 13.9. The van der Waals surface area contributed by atoms with Crippen molar-refractivity contribution in [2.24, 2.45) is 0 Å². The van der Waals surface area contributed by atoms with E-state index in [2.05, 4.69) is 5.32 Å². The molecule has 42 heavy (non-hydrogen) atoms. The van der Waals surface area contributed by atoms with E-state index < -0.39 is 46.2 Å². The molecule has 2 amide bonds. The molecule has 0 saturated carbocycles. The molecule has 0 radical (unpaired) electrons. The van der Waals surface area contributed by atoms with E-state index in [0.717, 1.165) is 22.6 Å². The summed E-state index contributed by atoms with van der Waals surface area (Å²) >= 11 is 12.7. The summed E-state index contributed by atoms with van der Waals surface area (Å²) in [6.45, 7) is 4.20. The molecule has 226 valence electrons. The molecule has 1 unspecified atom stereocenters. The monoisotopic (exact) mass is 643 g/mol. The van der Waals surface area contributed by atoms with Crippen LogP contribution in [0.15, 0.2) is 71.6 Å². The number of anilines is 1. The first-order valence-electron chi connectivity index (χ1n) is 12.9. The van der Waals surface area contributed by atoms with Gasteiger partial charge in [0.1, 0.15) is 12.6 Å². The highest BCUT2D eigenvalue weighted by molar-refractivity contribution is 7.92. The smallest absolute Gasteiger partial charge is 0.354 e. The molecule has 1 N–H and O–H groups in total. The molecule has 1 atom stereocenters. The zero-order chi connectivity index (χ0) is 31.2. The molecule has 0 fully saturated rings. The number of hydrogen-bond donors (Lipinski definition) is 1. The lowest BCUT2D eigenvalue weighted by molar-refractivity contribution is -0.139. The second-order valence-electron chi connectivity index (χ2n) is 9.56. The van der Waals surface area contributed by atoms with Gasteiger partial charge in [-0.05, 0) is 62.7 Å². The minimum absolute atomic E-state index is 0.212. The first-order valence-corrected chi connectivity index (χ1v) is 15.1. The van der Waals surface area contributed by atoms with Gasteiger partial charge >= 0.3 is 6.18 Å². The summed E-state index contributed by atoms with van der Waals surface area (Å²) in [7, 11) is -4.55. The predicted octanol–water partition coefficient (Wildman–Crippen LogP) is 6.46. The Hall–Kier alpha value is -3.28. The van der Waals surface area contributed by atoms with Gasteiger partial charge in [-0.1, -0.05) is 60.0 Å². The molecule has 3 rings (SSSR count). The molecule has 0 bridgehead atoms. The Kier molecular flexibility index (Phi) is 10.9. The van der Waals surface area contributed by atoms with Gasteiger partial charge in [-0.2, -0.15) is 13.2 Å². The van der Waals surface area contributed by atoms with E-state index in [-0.39, 0.29) is 27.2 Å². The van der Waals surface area contributed by atoms with E-state index in [1.807, 2.05) is 6.92 Å². The van der Waals surface area contributed by atoms with Crippen LogP contribution in [0.3, 0.4) is 0 Å². The second-order valence-corrected chi connectivity index (χ2v) is 12.2. The fraction of sp³-hybridized carbons (Fsp3) is 0.310. The van der Waals surface area contributed by atoms with Crippen molar-refractivity contribution in [3.8, 4) is 0 Å². The van der Waals surface area contributed by atoms with Crippen molar-refractivity contribution in [2.45, 2.75) is 50.9 Å². The van der Waals surface area contributed by atoms with E-state index >= 15 is 0 Å². The van der Waals surface area contributed by atoms with Crippen LogP contribution in [0.4, 0.5) is 18.9 Å². The molecule has 0 spiro atoms. The number of nitrogens with one attached hydrogen (secondary N) is 1. The Morgan fingerprint density at radius 3 is 2.14 bits per heavy atom. The summed E-state index contributed by atoms with van der Waals surface area (Å²) < 4.78 is 69.0.